The molecule has 0 radical (unpaired) electrons. The number of nitrogens with zero attached hydrogens (tertiary/aromatic N) is 3. The summed E-state index contributed by atoms with van der Waals surface area (Å²) in [6, 6.07) is 17.6. The topological polar surface area (TPSA) is 60.9 Å². The minimum Gasteiger partial charge on any atom is -0.339 e. The van der Waals surface area contributed by atoms with Crippen LogP contribution >= 0.6 is 0 Å². The van der Waals surface area contributed by atoms with Crippen LogP contribution in [0, 0.1) is 0 Å². The van der Waals surface area contributed by atoms with Crippen LogP contribution in [0.25, 0.3) is 0 Å². The van der Waals surface area contributed by atoms with E-state index in [0.29, 0.717) is 19.5 Å². The minimum absolute atomic E-state index is 0.00616. The van der Waals surface area contributed by atoms with Gasteiger partial charge in [-0.1, -0.05) is 54.6 Å². The van der Waals surface area contributed by atoms with E-state index in [1.54, 1.807) is 6.92 Å². The molecule has 4 rings (SSSR count). The Labute approximate surface area is 185 Å². The molecule has 0 aromatic heterocycles. The van der Waals surface area contributed by atoms with E-state index in [4.69, 9.17) is 0 Å². The van der Waals surface area contributed by atoms with E-state index in [-0.39, 0.29) is 18.2 Å². The summed E-state index contributed by atoms with van der Waals surface area (Å²) in [6.07, 6.45) is 1.44. The van der Waals surface area contributed by atoms with E-state index in [1.165, 1.54) is 9.87 Å². The lowest BCUT2D eigenvalue weighted by Gasteiger charge is -2.40. The number of piperazine rings is 1. The molecule has 1 atom stereocenters. The van der Waals surface area contributed by atoms with Crippen LogP contribution in [-0.2, 0) is 34.2 Å². The molecular weight excluding hydrogens is 410 g/mol. The summed E-state index contributed by atoms with van der Waals surface area (Å²) in [5.74, 6) is -0.0547. The molecular formula is C24H31N3O3S. The maximum Gasteiger partial charge on any atom is 0.241 e. The third kappa shape index (κ3) is 5.00. The molecule has 2 aromatic carbocycles. The quantitative estimate of drug-likeness (QED) is 0.689. The average molecular weight is 442 g/mol. The molecule has 1 unspecified atom stereocenters. The van der Waals surface area contributed by atoms with E-state index < -0.39 is 16.1 Å². The van der Waals surface area contributed by atoms with Crippen LogP contribution in [0.3, 0.4) is 0 Å². The van der Waals surface area contributed by atoms with Gasteiger partial charge in [-0.3, -0.25) is 9.69 Å². The Morgan fingerprint density at radius 1 is 0.935 bits per heavy atom. The van der Waals surface area contributed by atoms with Crippen molar-refractivity contribution in [2.45, 2.75) is 32.4 Å². The molecule has 2 aliphatic heterocycles. The fourth-order valence-corrected chi connectivity index (χ4v) is 5.72. The van der Waals surface area contributed by atoms with Crippen molar-refractivity contribution in [2.24, 2.45) is 0 Å². The fourth-order valence-electron chi connectivity index (χ4n) is 4.50. The van der Waals surface area contributed by atoms with E-state index in [1.807, 2.05) is 35.2 Å². The number of hydrogen-bond acceptors (Lipinski definition) is 4. The second kappa shape index (κ2) is 9.51. The first-order valence-corrected chi connectivity index (χ1v) is 12.7. The zero-order chi connectivity index (χ0) is 21.8. The van der Waals surface area contributed by atoms with Gasteiger partial charge in [-0.05, 0) is 36.5 Å². The van der Waals surface area contributed by atoms with Crippen LogP contribution in [0.1, 0.15) is 23.6 Å². The average Bonchev–Trinajstić information content (AvgIpc) is 2.82. The molecule has 2 aromatic rings. The minimum atomic E-state index is -3.47. The second-order valence-electron chi connectivity index (χ2n) is 8.34. The summed E-state index contributed by atoms with van der Waals surface area (Å²) >= 11 is 0. The van der Waals surface area contributed by atoms with Crippen LogP contribution in [0.4, 0.5) is 0 Å². The predicted molar refractivity (Wildman–Crippen MR) is 122 cm³/mol. The summed E-state index contributed by atoms with van der Waals surface area (Å²) in [4.78, 5) is 17.7. The van der Waals surface area contributed by atoms with E-state index in [0.717, 1.165) is 37.2 Å². The Morgan fingerprint density at radius 2 is 1.58 bits per heavy atom. The molecule has 2 heterocycles. The molecule has 1 amide bonds. The molecule has 0 saturated carbocycles. The molecule has 0 N–H and O–H groups in total. The number of fused-ring (bicyclic) bond motifs is 1. The van der Waals surface area contributed by atoms with Gasteiger partial charge in [0.2, 0.25) is 15.9 Å². The molecule has 0 spiro atoms. The zero-order valence-electron chi connectivity index (χ0n) is 18.1. The molecule has 6 nitrogen and oxygen atoms in total. The van der Waals surface area contributed by atoms with Crippen LogP contribution in [0.15, 0.2) is 54.6 Å². The number of carbonyl (C=O) groups is 1. The molecule has 7 heteroatoms. The Morgan fingerprint density at radius 3 is 2.26 bits per heavy atom. The highest BCUT2D eigenvalue weighted by Crippen LogP contribution is 2.27. The molecule has 31 heavy (non-hydrogen) atoms. The van der Waals surface area contributed by atoms with Gasteiger partial charge in [0.25, 0.3) is 0 Å². The summed E-state index contributed by atoms with van der Waals surface area (Å²) < 4.78 is 27.0. The fraction of sp³-hybridized carbons (Fsp3) is 0.458. The summed E-state index contributed by atoms with van der Waals surface area (Å²) in [5, 5.41) is 0. The normalized spacial score (nSPS) is 20.4. The maximum atomic E-state index is 13.4. The van der Waals surface area contributed by atoms with Crippen LogP contribution in [-0.4, -0.2) is 72.9 Å². The van der Waals surface area contributed by atoms with Crippen LogP contribution in [0.5, 0.6) is 0 Å². The summed E-state index contributed by atoms with van der Waals surface area (Å²) in [7, 11) is -3.47. The number of rotatable bonds is 6. The van der Waals surface area contributed by atoms with Gasteiger partial charge in [0.1, 0.15) is 6.04 Å². The predicted octanol–water partition coefficient (Wildman–Crippen LogP) is 2.15. The van der Waals surface area contributed by atoms with Gasteiger partial charge in [0.05, 0.1) is 5.75 Å². The third-order valence-corrected chi connectivity index (χ3v) is 8.28. The summed E-state index contributed by atoms with van der Waals surface area (Å²) in [6.45, 7) is 5.82. The molecule has 0 bridgehead atoms. The van der Waals surface area contributed by atoms with Crippen molar-refractivity contribution in [1.82, 2.24) is 14.1 Å². The highest BCUT2D eigenvalue weighted by Gasteiger charge is 2.40. The van der Waals surface area contributed by atoms with Gasteiger partial charge in [-0.15, -0.1) is 0 Å². The van der Waals surface area contributed by atoms with Gasteiger partial charge in [0.15, 0.2) is 0 Å². The van der Waals surface area contributed by atoms with Crippen molar-refractivity contribution >= 4 is 15.9 Å². The molecule has 0 aliphatic carbocycles. The molecule has 2 aliphatic rings. The first-order valence-electron chi connectivity index (χ1n) is 11.1. The van der Waals surface area contributed by atoms with Crippen LogP contribution < -0.4 is 0 Å². The van der Waals surface area contributed by atoms with E-state index in [2.05, 4.69) is 29.2 Å². The first-order chi connectivity index (χ1) is 15.0. The first kappa shape index (κ1) is 22.0. The van der Waals surface area contributed by atoms with Gasteiger partial charge in [-0.2, -0.15) is 4.31 Å². The Hall–Kier alpha value is -2.22. The largest absolute Gasteiger partial charge is 0.339 e. The van der Waals surface area contributed by atoms with E-state index >= 15 is 0 Å². The number of carbonyl (C=O) groups excluding carboxylic acids is 1. The van der Waals surface area contributed by atoms with Crippen molar-refractivity contribution in [2.75, 3.05) is 38.5 Å². The Kier molecular flexibility index (Phi) is 6.74. The van der Waals surface area contributed by atoms with Crippen molar-refractivity contribution in [3.8, 4) is 0 Å². The summed E-state index contributed by atoms with van der Waals surface area (Å²) in [5.41, 5.74) is 3.39. The zero-order valence-corrected chi connectivity index (χ0v) is 18.9. The van der Waals surface area contributed by atoms with E-state index in [9.17, 15) is 13.2 Å². The smallest absolute Gasteiger partial charge is 0.241 e. The number of sulfonamides is 1. The van der Waals surface area contributed by atoms with Gasteiger partial charge < -0.3 is 4.90 Å². The molecule has 166 valence electrons. The van der Waals surface area contributed by atoms with Crippen molar-refractivity contribution in [3.63, 3.8) is 0 Å². The Bertz CT molecular complexity index is 1000. The van der Waals surface area contributed by atoms with Crippen molar-refractivity contribution in [3.05, 3.63) is 71.3 Å². The lowest BCUT2D eigenvalue weighted by Crippen LogP contribution is -2.57. The lowest BCUT2D eigenvalue weighted by atomic mass is 9.95. The number of amides is 1. The third-order valence-electron chi connectivity index (χ3n) is 6.46. The van der Waals surface area contributed by atoms with Gasteiger partial charge >= 0.3 is 0 Å². The standard InChI is InChI=1S/C24H31N3O3S/c1-2-31(29,30)27-19-22-11-7-6-10-21(22)18-23(27)24(28)26-16-14-25(15-17-26)13-12-20-8-4-3-5-9-20/h3-11,23H,2,12-19H2,1H3. The molecule has 1 saturated heterocycles. The second-order valence-corrected chi connectivity index (χ2v) is 10.5. The highest BCUT2D eigenvalue weighted by molar-refractivity contribution is 7.89. The maximum absolute atomic E-state index is 13.4. The van der Waals surface area contributed by atoms with Crippen LogP contribution in [0.2, 0.25) is 0 Å². The SMILES string of the molecule is CCS(=O)(=O)N1Cc2ccccc2CC1C(=O)N1CCN(CCc2ccccc2)CC1. The number of hydrogen-bond donors (Lipinski definition) is 0. The monoisotopic (exact) mass is 441 g/mol. The van der Waals surface area contributed by atoms with Crippen molar-refractivity contribution < 1.29 is 13.2 Å². The van der Waals surface area contributed by atoms with Crippen molar-refractivity contribution in [1.29, 1.82) is 0 Å². The number of benzene rings is 2. The Balaban J connectivity index is 1.41. The molecule has 1 fully saturated rings. The highest BCUT2D eigenvalue weighted by atomic mass is 32.2. The van der Waals surface area contributed by atoms with Gasteiger partial charge in [0, 0.05) is 39.3 Å². The lowest BCUT2D eigenvalue weighted by molar-refractivity contribution is -0.137. The van der Waals surface area contributed by atoms with Gasteiger partial charge in [-0.25, -0.2) is 8.42 Å².